The Morgan fingerprint density at radius 1 is 1.20 bits per heavy atom. The molecule has 0 heterocycles. The molecule has 0 aliphatic rings. The van der Waals surface area contributed by atoms with Gasteiger partial charge in [-0.05, 0) is 59.3 Å². The smallest absolute Gasteiger partial charge is 0.00355 e. The summed E-state index contributed by atoms with van der Waals surface area (Å²) in [5, 5.41) is 3.54. The van der Waals surface area contributed by atoms with E-state index in [0.29, 0.717) is 6.04 Å². The molecule has 2 nitrogen and oxygen atoms in total. The van der Waals surface area contributed by atoms with Gasteiger partial charge >= 0.3 is 0 Å². The van der Waals surface area contributed by atoms with Crippen molar-refractivity contribution in [1.29, 1.82) is 0 Å². The monoisotopic (exact) mass is 214 g/mol. The van der Waals surface area contributed by atoms with Gasteiger partial charge in [0.15, 0.2) is 0 Å². The maximum absolute atomic E-state index is 3.54. The fraction of sp³-hybridized carbons (Fsp3) is 1.00. The highest BCUT2D eigenvalue weighted by molar-refractivity contribution is 4.60. The third-order valence-electron chi connectivity index (χ3n) is 3.02. The highest BCUT2D eigenvalue weighted by Gasteiger charge is 2.02. The van der Waals surface area contributed by atoms with Crippen LogP contribution >= 0.6 is 0 Å². The Hall–Kier alpha value is -0.0800. The van der Waals surface area contributed by atoms with Crippen LogP contribution in [-0.4, -0.2) is 37.6 Å². The highest BCUT2D eigenvalue weighted by atomic mass is 15.1. The van der Waals surface area contributed by atoms with Crippen molar-refractivity contribution < 1.29 is 0 Å². The van der Waals surface area contributed by atoms with E-state index in [2.05, 4.69) is 45.0 Å². The molecule has 0 aliphatic heterocycles. The van der Waals surface area contributed by atoms with E-state index in [-0.39, 0.29) is 0 Å². The van der Waals surface area contributed by atoms with Crippen LogP contribution in [0.2, 0.25) is 0 Å². The Bertz CT molecular complexity index is 134. The molecular formula is C13H30N2. The first-order chi connectivity index (χ1) is 7.07. The van der Waals surface area contributed by atoms with E-state index in [1.807, 2.05) is 0 Å². The highest BCUT2D eigenvalue weighted by Crippen LogP contribution is 2.02. The van der Waals surface area contributed by atoms with E-state index >= 15 is 0 Å². The maximum atomic E-state index is 3.54. The van der Waals surface area contributed by atoms with Crippen LogP contribution in [0.15, 0.2) is 0 Å². The summed E-state index contributed by atoms with van der Waals surface area (Å²) in [6, 6.07) is 0.670. The van der Waals surface area contributed by atoms with Gasteiger partial charge < -0.3 is 10.2 Å². The molecular weight excluding hydrogens is 184 g/mol. The average molecular weight is 214 g/mol. The first-order valence-electron chi connectivity index (χ1n) is 6.48. The predicted octanol–water partition coefficient (Wildman–Crippen LogP) is 2.74. The van der Waals surface area contributed by atoms with Gasteiger partial charge in [-0.15, -0.1) is 0 Å². The van der Waals surface area contributed by atoms with Crippen molar-refractivity contribution in [2.24, 2.45) is 5.92 Å². The van der Waals surface area contributed by atoms with E-state index in [4.69, 9.17) is 0 Å². The number of nitrogens with one attached hydrogen (secondary N) is 1. The molecule has 0 radical (unpaired) electrons. The molecule has 1 unspecified atom stereocenters. The molecule has 0 rings (SSSR count). The molecule has 0 aromatic rings. The Morgan fingerprint density at radius 3 is 2.40 bits per heavy atom. The molecule has 15 heavy (non-hydrogen) atoms. The molecule has 0 amide bonds. The molecule has 92 valence electrons. The normalized spacial score (nSPS) is 13.8. The van der Waals surface area contributed by atoms with E-state index in [9.17, 15) is 0 Å². The molecule has 0 aromatic carbocycles. The Balaban J connectivity index is 3.24. The fourth-order valence-corrected chi connectivity index (χ4v) is 1.65. The summed E-state index contributed by atoms with van der Waals surface area (Å²) < 4.78 is 0. The van der Waals surface area contributed by atoms with Crippen LogP contribution in [0.1, 0.15) is 47.0 Å². The minimum atomic E-state index is 0.670. The number of rotatable bonds is 9. The van der Waals surface area contributed by atoms with Crippen LogP contribution in [-0.2, 0) is 0 Å². The topological polar surface area (TPSA) is 15.3 Å². The Morgan fingerprint density at radius 2 is 1.87 bits per heavy atom. The van der Waals surface area contributed by atoms with Gasteiger partial charge in [-0.3, -0.25) is 0 Å². The lowest BCUT2D eigenvalue weighted by Crippen LogP contribution is -2.30. The molecule has 0 aliphatic carbocycles. The summed E-state index contributed by atoms with van der Waals surface area (Å²) in [5.41, 5.74) is 0. The molecule has 1 N–H and O–H groups in total. The van der Waals surface area contributed by atoms with Gasteiger partial charge in [0, 0.05) is 6.04 Å². The second kappa shape index (κ2) is 9.17. The standard InChI is InChI=1S/C13H30N2/c1-6-8-13(4)11-14-9-7-10-15(5)12(2)3/h12-14H,6-11H2,1-5H3. The van der Waals surface area contributed by atoms with Gasteiger partial charge in [0.2, 0.25) is 0 Å². The van der Waals surface area contributed by atoms with Crippen molar-refractivity contribution in [2.75, 3.05) is 26.7 Å². The lowest BCUT2D eigenvalue weighted by Gasteiger charge is -2.21. The van der Waals surface area contributed by atoms with Crippen molar-refractivity contribution in [3.8, 4) is 0 Å². The summed E-state index contributed by atoms with van der Waals surface area (Å²) in [5.74, 6) is 0.831. The summed E-state index contributed by atoms with van der Waals surface area (Å²) in [4.78, 5) is 2.40. The first-order valence-corrected chi connectivity index (χ1v) is 6.48. The largest absolute Gasteiger partial charge is 0.316 e. The second-order valence-electron chi connectivity index (χ2n) is 5.03. The summed E-state index contributed by atoms with van der Waals surface area (Å²) in [6.45, 7) is 12.6. The Labute approximate surface area is 96.4 Å². The number of nitrogens with zero attached hydrogens (tertiary/aromatic N) is 1. The molecule has 0 spiro atoms. The molecule has 1 atom stereocenters. The van der Waals surface area contributed by atoms with Gasteiger partial charge in [-0.2, -0.15) is 0 Å². The van der Waals surface area contributed by atoms with Crippen molar-refractivity contribution in [3.63, 3.8) is 0 Å². The molecule has 0 saturated heterocycles. The lowest BCUT2D eigenvalue weighted by atomic mass is 10.1. The van der Waals surface area contributed by atoms with Gasteiger partial charge in [-0.25, -0.2) is 0 Å². The van der Waals surface area contributed by atoms with Crippen molar-refractivity contribution >= 4 is 0 Å². The average Bonchev–Trinajstić information content (AvgIpc) is 2.17. The van der Waals surface area contributed by atoms with E-state index < -0.39 is 0 Å². The van der Waals surface area contributed by atoms with Crippen LogP contribution in [0.3, 0.4) is 0 Å². The third kappa shape index (κ3) is 8.88. The van der Waals surface area contributed by atoms with E-state index in [1.165, 1.54) is 32.4 Å². The zero-order valence-corrected chi connectivity index (χ0v) is 11.3. The van der Waals surface area contributed by atoms with Crippen molar-refractivity contribution in [1.82, 2.24) is 10.2 Å². The summed E-state index contributed by atoms with van der Waals surface area (Å²) in [6.07, 6.45) is 3.91. The lowest BCUT2D eigenvalue weighted by molar-refractivity contribution is 0.268. The minimum Gasteiger partial charge on any atom is -0.316 e. The molecule has 0 bridgehead atoms. The maximum Gasteiger partial charge on any atom is 0.00355 e. The Kier molecular flexibility index (Phi) is 9.12. The fourth-order valence-electron chi connectivity index (χ4n) is 1.65. The quantitative estimate of drug-likeness (QED) is 0.594. The van der Waals surface area contributed by atoms with Crippen LogP contribution in [0.5, 0.6) is 0 Å². The van der Waals surface area contributed by atoms with E-state index in [1.54, 1.807) is 0 Å². The minimum absolute atomic E-state index is 0.670. The van der Waals surface area contributed by atoms with Crippen LogP contribution in [0.4, 0.5) is 0 Å². The molecule has 0 fully saturated rings. The predicted molar refractivity (Wildman–Crippen MR) is 69.3 cm³/mol. The van der Waals surface area contributed by atoms with Crippen molar-refractivity contribution in [3.05, 3.63) is 0 Å². The SMILES string of the molecule is CCCC(C)CNCCCN(C)C(C)C. The van der Waals surface area contributed by atoms with Crippen molar-refractivity contribution in [2.45, 2.75) is 53.0 Å². The third-order valence-corrected chi connectivity index (χ3v) is 3.02. The molecule has 0 saturated carbocycles. The number of hydrogen-bond acceptors (Lipinski definition) is 2. The van der Waals surface area contributed by atoms with Crippen LogP contribution in [0.25, 0.3) is 0 Å². The zero-order chi connectivity index (χ0) is 11.7. The molecule has 0 aromatic heterocycles. The van der Waals surface area contributed by atoms with Crippen LogP contribution in [0, 0.1) is 5.92 Å². The van der Waals surface area contributed by atoms with E-state index in [0.717, 1.165) is 12.5 Å². The van der Waals surface area contributed by atoms with Gasteiger partial charge in [0.05, 0.1) is 0 Å². The second-order valence-corrected chi connectivity index (χ2v) is 5.03. The van der Waals surface area contributed by atoms with Gasteiger partial charge in [0.1, 0.15) is 0 Å². The summed E-state index contributed by atoms with van der Waals surface area (Å²) in [7, 11) is 2.20. The number of hydrogen-bond donors (Lipinski definition) is 1. The van der Waals surface area contributed by atoms with Gasteiger partial charge in [-0.1, -0.05) is 20.3 Å². The molecule has 2 heteroatoms. The first kappa shape index (κ1) is 14.9. The zero-order valence-electron chi connectivity index (χ0n) is 11.3. The van der Waals surface area contributed by atoms with Gasteiger partial charge in [0.25, 0.3) is 0 Å². The summed E-state index contributed by atoms with van der Waals surface area (Å²) >= 11 is 0. The van der Waals surface area contributed by atoms with Crippen LogP contribution < -0.4 is 5.32 Å².